The van der Waals surface area contributed by atoms with Gasteiger partial charge in [-0.05, 0) is 18.6 Å². The van der Waals surface area contributed by atoms with Gasteiger partial charge in [-0.25, -0.2) is 0 Å². The number of benzene rings is 1. The van der Waals surface area contributed by atoms with E-state index in [1.54, 1.807) is 0 Å². The summed E-state index contributed by atoms with van der Waals surface area (Å²) in [4.78, 5) is 0. The first-order chi connectivity index (χ1) is 7.77. The predicted molar refractivity (Wildman–Crippen MR) is 69.8 cm³/mol. The largest absolute Gasteiger partial charge is 0.507 e. The smallest absolute Gasteiger partial charge is 0.420 e. The molecular weight excluding hydrogens is 334 g/mol. The van der Waals surface area contributed by atoms with Gasteiger partial charge < -0.3 is 10.8 Å². The highest BCUT2D eigenvalue weighted by Gasteiger charge is 2.35. The van der Waals surface area contributed by atoms with Crippen molar-refractivity contribution in [2.75, 3.05) is 0 Å². The van der Waals surface area contributed by atoms with Crippen molar-refractivity contribution in [1.82, 2.24) is 0 Å². The average molecular weight is 347 g/mol. The summed E-state index contributed by atoms with van der Waals surface area (Å²) in [5, 5.41) is 9.59. The summed E-state index contributed by atoms with van der Waals surface area (Å²) >= 11 is 2.97. The maximum atomic E-state index is 12.6. The third-order valence-corrected chi connectivity index (χ3v) is 2.69. The fraction of sp³-hybridized carbons (Fsp3) is 0.273. The molecule has 0 saturated carbocycles. The number of aromatic hydroxyl groups is 1. The van der Waals surface area contributed by atoms with E-state index in [2.05, 4.69) is 22.5 Å². The Bertz CT molecular complexity index is 437. The number of phenols is 1. The number of phenolic OH excluding ortho intramolecular Hbond substituents is 1. The van der Waals surface area contributed by atoms with Crippen molar-refractivity contribution in [2.45, 2.75) is 18.6 Å². The van der Waals surface area contributed by atoms with Crippen LogP contribution in [0.2, 0.25) is 0 Å². The Balaban J connectivity index is 0.00000289. The fourth-order valence-electron chi connectivity index (χ4n) is 1.43. The van der Waals surface area contributed by atoms with Crippen molar-refractivity contribution >= 4 is 28.3 Å². The minimum absolute atomic E-state index is 0. The summed E-state index contributed by atoms with van der Waals surface area (Å²) in [5.74, 6) is -0.824. The molecule has 1 rings (SSSR count). The molecule has 1 atom stereocenters. The van der Waals surface area contributed by atoms with Gasteiger partial charge in [0, 0.05) is 16.1 Å². The molecule has 0 aromatic heterocycles. The number of hydrogen-bond acceptors (Lipinski definition) is 2. The van der Waals surface area contributed by atoms with E-state index in [4.69, 9.17) is 5.73 Å². The van der Waals surface area contributed by atoms with E-state index in [-0.39, 0.29) is 28.9 Å². The second-order valence-electron chi connectivity index (χ2n) is 3.52. The Morgan fingerprint density at radius 2 is 2.00 bits per heavy atom. The zero-order chi connectivity index (χ0) is 13.2. The second-order valence-corrected chi connectivity index (χ2v) is 4.44. The molecule has 0 aliphatic carbocycles. The first-order valence-electron chi connectivity index (χ1n) is 4.73. The zero-order valence-corrected chi connectivity index (χ0v) is 11.6. The molecule has 0 fully saturated rings. The SMILES string of the molecule is C=CC[C@H](N)c1cc(Br)cc(C(F)(F)F)c1O.Cl. The lowest BCUT2D eigenvalue weighted by Gasteiger charge is -2.17. The van der Waals surface area contributed by atoms with Crippen LogP contribution in [0.4, 0.5) is 13.2 Å². The minimum Gasteiger partial charge on any atom is -0.507 e. The number of halogens is 5. The maximum absolute atomic E-state index is 12.6. The van der Waals surface area contributed by atoms with Gasteiger partial charge in [0.1, 0.15) is 5.75 Å². The lowest BCUT2D eigenvalue weighted by Crippen LogP contribution is -2.13. The van der Waals surface area contributed by atoms with Gasteiger partial charge in [0.15, 0.2) is 0 Å². The molecule has 0 aliphatic heterocycles. The van der Waals surface area contributed by atoms with Crippen LogP contribution in [0.15, 0.2) is 29.3 Å². The molecule has 0 aliphatic rings. The Kier molecular flexibility index (Phi) is 6.19. The van der Waals surface area contributed by atoms with Crippen molar-refractivity contribution in [3.8, 4) is 5.75 Å². The van der Waals surface area contributed by atoms with Gasteiger partial charge in [-0.2, -0.15) is 13.2 Å². The van der Waals surface area contributed by atoms with Crippen LogP contribution in [-0.2, 0) is 6.18 Å². The van der Waals surface area contributed by atoms with Crippen LogP contribution in [0.25, 0.3) is 0 Å². The Morgan fingerprint density at radius 3 is 2.44 bits per heavy atom. The van der Waals surface area contributed by atoms with Gasteiger partial charge in [-0.1, -0.05) is 22.0 Å². The van der Waals surface area contributed by atoms with Crippen LogP contribution < -0.4 is 5.73 Å². The molecule has 0 spiro atoms. The quantitative estimate of drug-likeness (QED) is 0.807. The topological polar surface area (TPSA) is 46.2 Å². The van der Waals surface area contributed by atoms with Gasteiger partial charge in [0.05, 0.1) is 5.56 Å². The van der Waals surface area contributed by atoms with E-state index in [9.17, 15) is 18.3 Å². The van der Waals surface area contributed by atoms with E-state index in [0.29, 0.717) is 0 Å². The third kappa shape index (κ3) is 3.90. The summed E-state index contributed by atoms with van der Waals surface area (Å²) in [6.45, 7) is 3.45. The normalized spacial score (nSPS) is 12.7. The zero-order valence-electron chi connectivity index (χ0n) is 9.17. The van der Waals surface area contributed by atoms with Crippen LogP contribution in [-0.4, -0.2) is 5.11 Å². The molecule has 0 unspecified atom stereocenters. The van der Waals surface area contributed by atoms with Gasteiger partial charge >= 0.3 is 6.18 Å². The molecule has 18 heavy (non-hydrogen) atoms. The van der Waals surface area contributed by atoms with Gasteiger partial charge in [-0.15, -0.1) is 19.0 Å². The summed E-state index contributed by atoms with van der Waals surface area (Å²) in [5.41, 5.74) is 4.62. The van der Waals surface area contributed by atoms with Gasteiger partial charge in [0.2, 0.25) is 0 Å². The van der Waals surface area contributed by atoms with Crippen LogP contribution in [0.1, 0.15) is 23.6 Å². The standard InChI is InChI=1S/C11H11BrF3NO.ClH/c1-2-3-9(16)7-4-6(12)5-8(10(7)17)11(13,14)15;/h2,4-5,9,17H,1,3,16H2;1H/t9-;/m0./s1. The number of nitrogens with two attached hydrogens (primary N) is 1. The number of alkyl halides is 3. The van der Waals surface area contributed by atoms with Crippen LogP contribution >= 0.6 is 28.3 Å². The highest BCUT2D eigenvalue weighted by atomic mass is 79.9. The molecule has 0 heterocycles. The molecule has 7 heteroatoms. The second kappa shape index (κ2) is 6.45. The maximum Gasteiger partial charge on any atom is 0.420 e. The summed E-state index contributed by atoms with van der Waals surface area (Å²) in [7, 11) is 0. The molecule has 102 valence electrons. The predicted octanol–water partition coefficient (Wildman–Crippen LogP) is 4.17. The Hall–Kier alpha value is -0.720. The Morgan fingerprint density at radius 1 is 1.44 bits per heavy atom. The molecule has 3 N–H and O–H groups in total. The first kappa shape index (κ1) is 17.3. The van der Waals surface area contributed by atoms with E-state index < -0.39 is 23.5 Å². The van der Waals surface area contributed by atoms with Gasteiger partial charge in [-0.3, -0.25) is 0 Å². The minimum atomic E-state index is -4.61. The monoisotopic (exact) mass is 345 g/mol. The summed E-state index contributed by atoms with van der Waals surface area (Å²) in [6, 6.07) is 1.48. The van der Waals surface area contributed by atoms with Crippen LogP contribution in [0.5, 0.6) is 5.75 Å². The van der Waals surface area contributed by atoms with Crippen molar-refractivity contribution in [1.29, 1.82) is 0 Å². The highest BCUT2D eigenvalue weighted by molar-refractivity contribution is 9.10. The van der Waals surface area contributed by atoms with E-state index in [0.717, 1.165) is 6.07 Å². The molecular formula is C11H12BrClF3NO. The molecule has 2 nitrogen and oxygen atoms in total. The van der Waals surface area contributed by atoms with Crippen molar-refractivity contribution < 1.29 is 18.3 Å². The average Bonchev–Trinajstić information content (AvgIpc) is 2.19. The fourth-order valence-corrected chi connectivity index (χ4v) is 1.90. The first-order valence-corrected chi connectivity index (χ1v) is 5.52. The molecule has 0 bridgehead atoms. The molecule has 1 aromatic carbocycles. The summed E-state index contributed by atoms with van der Waals surface area (Å²) in [6.07, 6.45) is -2.85. The third-order valence-electron chi connectivity index (χ3n) is 2.23. The summed E-state index contributed by atoms with van der Waals surface area (Å²) < 4.78 is 38.1. The lowest BCUT2D eigenvalue weighted by molar-refractivity contribution is -0.138. The molecule has 1 aromatic rings. The number of rotatable bonds is 3. The number of hydrogen-bond donors (Lipinski definition) is 2. The van der Waals surface area contributed by atoms with E-state index in [1.165, 1.54) is 12.1 Å². The van der Waals surface area contributed by atoms with Gasteiger partial charge in [0.25, 0.3) is 0 Å². The Labute approximate surface area is 117 Å². The van der Waals surface area contributed by atoms with Crippen LogP contribution in [0, 0.1) is 0 Å². The highest BCUT2D eigenvalue weighted by Crippen LogP contribution is 2.41. The van der Waals surface area contributed by atoms with Crippen LogP contribution in [0.3, 0.4) is 0 Å². The molecule has 0 radical (unpaired) electrons. The van der Waals surface area contributed by atoms with E-state index in [1.807, 2.05) is 0 Å². The van der Waals surface area contributed by atoms with Crippen molar-refractivity contribution in [2.24, 2.45) is 5.73 Å². The van der Waals surface area contributed by atoms with Crippen molar-refractivity contribution in [3.63, 3.8) is 0 Å². The van der Waals surface area contributed by atoms with Crippen molar-refractivity contribution in [3.05, 3.63) is 40.4 Å². The molecule has 0 amide bonds. The van der Waals surface area contributed by atoms with E-state index >= 15 is 0 Å². The lowest BCUT2D eigenvalue weighted by atomic mass is 10.00. The molecule has 0 saturated heterocycles.